The van der Waals surface area contributed by atoms with Gasteiger partial charge in [0.05, 0.1) is 25.9 Å². The number of aliphatic hydroxyl groups excluding tert-OH is 1. The molecule has 3 rings (SSSR count). The second kappa shape index (κ2) is 5.70. The minimum absolute atomic E-state index is 0.413. The average molecular weight is 279 g/mol. The third-order valence-corrected chi connectivity index (χ3v) is 3.46. The standard InChI is InChI=1S/C12H18N6O2/c13-11-10-12(15-7-14-10)18(8-16-11)6-9(19)5-17-1-3-20-4-2-17/h7-9,19H,1-6H2,(H2,13,14,15)/p+1/t9-/m1/s1. The molecule has 0 unspecified atom stereocenters. The smallest absolute Gasteiger partial charge is 0.293 e. The predicted molar refractivity (Wildman–Crippen MR) is 71.8 cm³/mol. The summed E-state index contributed by atoms with van der Waals surface area (Å²) in [6.45, 7) is 4.23. The minimum Gasteiger partial charge on any atom is -0.388 e. The number of nitrogens with two attached hydrogens (primary N) is 1. The van der Waals surface area contributed by atoms with Crippen LogP contribution < -0.4 is 10.3 Å². The van der Waals surface area contributed by atoms with Crippen molar-refractivity contribution >= 4 is 17.0 Å². The number of rotatable bonds is 4. The van der Waals surface area contributed by atoms with Crippen molar-refractivity contribution in [1.82, 2.24) is 19.9 Å². The van der Waals surface area contributed by atoms with Crippen molar-refractivity contribution in [3.8, 4) is 0 Å². The quantitative estimate of drug-likeness (QED) is 0.590. The number of ether oxygens (including phenoxy) is 1. The molecule has 0 radical (unpaired) electrons. The van der Waals surface area contributed by atoms with Gasteiger partial charge in [0.15, 0.2) is 11.8 Å². The number of nitrogens with one attached hydrogen (secondary N) is 1. The molecule has 0 amide bonds. The number of β-amino-alcohol motifs (C(OH)–C–C–N with tert-alkyl or cyclic N) is 1. The molecule has 1 aliphatic rings. The fourth-order valence-corrected chi connectivity index (χ4v) is 2.44. The zero-order chi connectivity index (χ0) is 13.9. The monoisotopic (exact) mass is 279 g/mol. The van der Waals surface area contributed by atoms with E-state index < -0.39 is 6.10 Å². The molecule has 1 saturated heterocycles. The molecular formula is C12H19N6O2+. The van der Waals surface area contributed by atoms with E-state index in [1.54, 1.807) is 12.7 Å². The Morgan fingerprint density at radius 2 is 2.25 bits per heavy atom. The Hall–Kier alpha value is -1.77. The first-order chi connectivity index (χ1) is 9.74. The van der Waals surface area contributed by atoms with Gasteiger partial charge in [-0.05, 0) is 0 Å². The summed E-state index contributed by atoms with van der Waals surface area (Å²) in [6, 6.07) is 0. The van der Waals surface area contributed by atoms with Crippen LogP contribution in [0.1, 0.15) is 0 Å². The maximum atomic E-state index is 10.2. The highest BCUT2D eigenvalue weighted by atomic mass is 16.5. The molecule has 2 aromatic heterocycles. The number of hydrogen-bond acceptors (Lipinski definition) is 6. The third-order valence-electron chi connectivity index (χ3n) is 3.46. The molecule has 0 spiro atoms. The van der Waals surface area contributed by atoms with Crippen LogP contribution in [0.2, 0.25) is 0 Å². The Kier molecular flexibility index (Phi) is 3.77. The summed E-state index contributed by atoms with van der Waals surface area (Å²) in [6.07, 6.45) is 2.71. The molecule has 3 heterocycles. The highest BCUT2D eigenvalue weighted by Crippen LogP contribution is 2.09. The van der Waals surface area contributed by atoms with Gasteiger partial charge < -0.3 is 20.6 Å². The van der Waals surface area contributed by atoms with Gasteiger partial charge in [-0.15, -0.1) is 0 Å². The fourth-order valence-electron chi connectivity index (χ4n) is 2.44. The van der Waals surface area contributed by atoms with E-state index in [9.17, 15) is 5.11 Å². The van der Waals surface area contributed by atoms with Gasteiger partial charge in [-0.3, -0.25) is 4.90 Å². The summed E-state index contributed by atoms with van der Waals surface area (Å²) >= 11 is 0. The van der Waals surface area contributed by atoms with Gasteiger partial charge in [-0.1, -0.05) is 9.97 Å². The van der Waals surface area contributed by atoms with Gasteiger partial charge in [0.25, 0.3) is 5.65 Å². The van der Waals surface area contributed by atoms with Crippen molar-refractivity contribution in [1.29, 1.82) is 0 Å². The molecule has 1 fully saturated rings. The van der Waals surface area contributed by atoms with Crippen LogP contribution >= 0.6 is 0 Å². The fraction of sp³-hybridized carbons (Fsp3) is 0.583. The number of imidazole rings is 1. The summed E-state index contributed by atoms with van der Waals surface area (Å²) in [5.41, 5.74) is 7.18. The first kappa shape index (κ1) is 13.2. The van der Waals surface area contributed by atoms with Crippen LogP contribution in [0.4, 0.5) is 5.82 Å². The Balaban J connectivity index is 1.69. The van der Waals surface area contributed by atoms with Crippen LogP contribution in [0, 0.1) is 0 Å². The van der Waals surface area contributed by atoms with Gasteiger partial charge in [-0.25, -0.2) is 4.57 Å². The molecule has 0 saturated carbocycles. The summed E-state index contributed by atoms with van der Waals surface area (Å²) in [4.78, 5) is 13.5. The molecule has 4 N–H and O–H groups in total. The first-order valence-corrected chi connectivity index (χ1v) is 6.69. The lowest BCUT2D eigenvalue weighted by molar-refractivity contribution is -0.683. The lowest BCUT2D eigenvalue weighted by Gasteiger charge is -2.28. The summed E-state index contributed by atoms with van der Waals surface area (Å²) in [7, 11) is 0. The Labute approximate surface area is 116 Å². The van der Waals surface area contributed by atoms with Crippen molar-refractivity contribution in [2.75, 3.05) is 38.6 Å². The van der Waals surface area contributed by atoms with E-state index in [1.807, 2.05) is 4.57 Å². The number of aliphatic hydroxyl groups is 1. The minimum atomic E-state index is -0.483. The molecule has 0 aromatic carbocycles. The third kappa shape index (κ3) is 2.72. The molecule has 0 bridgehead atoms. The first-order valence-electron chi connectivity index (χ1n) is 6.69. The number of nitrogens with zero attached hydrogens (tertiary/aromatic N) is 4. The number of aromatic amines is 1. The van der Waals surface area contributed by atoms with Gasteiger partial charge in [-0.2, -0.15) is 0 Å². The summed E-state index contributed by atoms with van der Waals surface area (Å²) < 4.78 is 7.11. The van der Waals surface area contributed by atoms with Crippen LogP contribution in [0.25, 0.3) is 11.2 Å². The van der Waals surface area contributed by atoms with Crippen LogP contribution in [0.5, 0.6) is 0 Å². The maximum Gasteiger partial charge on any atom is 0.293 e. The number of morpholine rings is 1. The van der Waals surface area contributed by atoms with Crippen molar-refractivity contribution in [2.45, 2.75) is 12.6 Å². The lowest BCUT2D eigenvalue weighted by Crippen LogP contribution is -2.47. The maximum absolute atomic E-state index is 10.2. The van der Waals surface area contributed by atoms with E-state index in [4.69, 9.17) is 10.5 Å². The van der Waals surface area contributed by atoms with E-state index in [2.05, 4.69) is 19.9 Å². The Morgan fingerprint density at radius 3 is 3.05 bits per heavy atom. The molecule has 20 heavy (non-hydrogen) atoms. The molecule has 1 aliphatic heterocycles. The Morgan fingerprint density at radius 1 is 1.45 bits per heavy atom. The van der Waals surface area contributed by atoms with Crippen molar-refractivity contribution in [2.24, 2.45) is 0 Å². The molecule has 108 valence electrons. The van der Waals surface area contributed by atoms with Crippen LogP contribution in [-0.2, 0) is 11.3 Å². The molecule has 1 atom stereocenters. The predicted octanol–water partition coefficient (Wildman–Crippen LogP) is -1.48. The topological polar surface area (TPSA) is 104 Å². The number of H-pyrrole nitrogens is 1. The number of aromatic nitrogens is 4. The molecule has 8 nitrogen and oxygen atoms in total. The molecular weight excluding hydrogens is 260 g/mol. The molecule has 0 aliphatic carbocycles. The van der Waals surface area contributed by atoms with E-state index in [0.29, 0.717) is 30.1 Å². The van der Waals surface area contributed by atoms with E-state index >= 15 is 0 Å². The van der Waals surface area contributed by atoms with Crippen LogP contribution in [0.3, 0.4) is 0 Å². The number of fused-ring (bicyclic) bond motifs is 1. The zero-order valence-electron chi connectivity index (χ0n) is 11.2. The largest absolute Gasteiger partial charge is 0.388 e. The van der Waals surface area contributed by atoms with Gasteiger partial charge in [0.2, 0.25) is 12.1 Å². The zero-order valence-corrected chi connectivity index (χ0v) is 11.2. The second-order valence-electron chi connectivity index (χ2n) is 4.95. The van der Waals surface area contributed by atoms with Gasteiger partial charge in [0, 0.05) is 19.6 Å². The highest BCUT2D eigenvalue weighted by molar-refractivity contribution is 5.78. The van der Waals surface area contributed by atoms with Crippen molar-refractivity contribution in [3.05, 3.63) is 12.7 Å². The molecule has 8 heteroatoms. The van der Waals surface area contributed by atoms with Gasteiger partial charge >= 0.3 is 0 Å². The van der Waals surface area contributed by atoms with Gasteiger partial charge in [0.1, 0.15) is 0 Å². The summed E-state index contributed by atoms with van der Waals surface area (Å²) in [5, 5.41) is 10.2. The SMILES string of the molecule is Nc1nc[n+](C[C@H](O)CN2CCOCC2)c2nc[nH]c12. The normalized spacial score (nSPS) is 18.4. The van der Waals surface area contributed by atoms with Crippen molar-refractivity contribution in [3.63, 3.8) is 0 Å². The molecule has 2 aromatic rings. The van der Waals surface area contributed by atoms with Crippen LogP contribution in [0.15, 0.2) is 12.7 Å². The van der Waals surface area contributed by atoms with E-state index in [-0.39, 0.29) is 0 Å². The second-order valence-corrected chi connectivity index (χ2v) is 4.95. The van der Waals surface area contributed by atoms with Crippen molar-refractivity contribution < 1.29 is 14.4 Å². The number of anilines is 1. The lowest BCUT2D eigenvalue weighted by atomic mass is 10.3. The number of hydrogen-bond donors (Lipinski definition) is 3. The van der Waals surface area contributed by atoms with E-state index in [1.165, 1.54) is 0 Å². The van der Waals surface area contributed by atoms with Crippen LogP contribution in [-0.4, -0.2) is 63.9 Å². The summed E-state index contributed by atoms with van der Waals surface area (Å²) in [5.74, 6) is 0.413. The highest BCUT2D eigenvalue weighted by Gasteiger charge is 2.20. The Bertz CT molecular complexity index is 580. The number of nitrogen functional groups attached to an aromatic ring is 1. The van der Waals surface area contributed by atoms with E-state index in [0.717, 1.165) is 26.3 Å². The average Bonchev–Trinajstić information content (AvgIpc) is 2.93.